The number of amides is 1. The summed E-state index contributed by atoms with van der Waals surface area (Å²) in [6, 6.07) is 7.73. The largest absolute Gasteiger partial charge is 0.465 e. The minimum absolute atomic E-state index is 0.0340. The van der Waals surface area contributed by atoms with Crippen molar-refractivity contribution >= 4 is 61.8 Å². The van der Waals surface area contributed by atoms with Gasteiger partial charge in [-0.3, -0.25) is 19.7 Å². The third-order valence-corrected chi connectivity index (χ3v) is 6.22. The first kappa shape index (κ1) is 24.0. The maximum Gasteiger partial charge on any atom is 0.338 e. The number of nitro groups is 1. The van der Waals surface area contributed by atoms with Crippen LogP contribution in [0.3, 0.4) is 0 Å². The molecule has 12 heteroatoms. The van der Waals surface area contributed by atoms with E-state index in [9.17, 15) is 24.5 Å². The molecule has 172 valence electrons. The molecule has 0 bridgehead atoms. The van der Waals surface area contributed by atoms with Crippen LogP contribution in [0.2, 0.25) is 0 Å². The van der Waals surface area contributed by atoms with E-state index in [0.29, 0.717) is 20.7 Å². The quantitative estimate of drug-likeness (QED) is 0.205. The van der Waals surface area contributed by atoms with Crippen molar-refractivity contribution in [1.29, 1.82) is 0 Å². The van der Waals surface area contributed by atoms with Crippen molar-refractivity contribution in [2.45, 2.75) is 20.4 Å². The minimum Gasteiger partial charge on any atom is -0.465 e. The van der Waals surface area contributed by atoms with E-state index in [1.807, 2.05) is 0 Å². The fourth-order valence-electron chi connectivity index (χ4n) is 2.80. The van der Waals surface area contributed by atoms with Crippen molar-refractivity contribution in [2.24, 2.45) is 4.99 Å². The second-order valence-corrected chi connectivity index (χ2v) is 8.50. The smallest absolute Gasteiger partial charge is 0.338 e. The van der Waals surface area contributed by atoms with E-state index >= 15 is 0 Å². The van der Waals surface area contributed by atoms with E-state index in [1.165, 1.54) is 28.9 Å². The monoisotopic (exact) mass is 489 g/mol. The molecular weight excluding hydrogens is 470 g/mol. The zero-order valence-corrected chi connectivity index (χ0v) is 19.3. The third-order valence-electron chi connectivity index (χ3n) is 4.17. The van der Waals surface area contributed by atoms with Gasteiger partial charge in [0.2, 0.25) is 0 Å². The SMILES string of the molecule is CCOC(=O)Cn1c(=NC(=O)/C=C\c2ccc([N+](=O)[O-])s2)sc2cc(C(=O)OCC)ccc21. The van der Waals surface area contributed by atoms with Gasteiger partial charge < -0.3 is 14.0 Å². The number of thiophene rings is 1. The first-order valence-electron chi connectivity index (χ1n) is 9.79. The van der Waals surface area contributed by atoms with Crippen molar-refractivity contribution in [3.05, 3.63) is 61.8 Å². The van der Waals surface area contributed by atoms with Gasteiger partial charge in [-0.1, -0.05) is 22.7 Å². The molecule has 0 aliphatic rings. The number of carbonyl (C=O) groups is 3. The topological polar surface area (TPSA) is 130 Å². The van der Waals surface area contributed by atoms with Crippen LogP contribution >= 0.6 is 22.7 Å². The van der Waals surface area contributed by atoms with Gasteiger partial charge in [0.25, 0.3) is 5.91 Å². The molecule has 3 rings (SSSR count). The average molecular weight is 490 g/mol. The van der Waals surface area contributed by atoms with Gasteiger partial charge in [-0.2, -0.15) is 4.99 Å². The maximum absolute atomic E-state index is 12.4. The number of esters is 2. The number of benzene rings is 1. The Morgan fingerprint density at radius 2 is 1.88 bits per heavy atom. The summed E-state index contributed by atoms with van der Waals surface area (Å²) in [7, 11) is 0. The Morgan fingerprint density at radius 3 is 2.55 bits per heavy atom. The maximum atomic E-state index is 12.4. The van der Waals surface area contributed by atoms with E-state index in [0.717, 1.165) is 22.7 Å². The van der Waals surface area contributed by atoms with Gasteiger partial charge in [0.05, 0.1) is 33.9 Å². The Labute approximate surface area is 195 Å². The predicted octanol–water partition coefficient (Wildman–Crippen LogP) is 3.55. The van der Waals surface area contributed by atoms with Crippen LogP contribution in [-0.4, -0.2) is 40.5 Å². The molecule has 0 aliphatic heterocycles. The number of thiazole rings is 1. The van der Waals surface area contributed by atoms with Crippen LogP contribution in [0.4, 0.5) is 5.00 Å². The predicted molar refractivity (Wildman–Crippen MR) is 123 cm³/mol. The van der Waals surface area contributed by atoms with Crippen LogP contribution in [0.25, 0.3) is 16.3 Å². The molecule has 0 radical (unpaired) electrons. The number of hydrogen-bond donors (Lipinski definition) is 0. The van der Waals surface area contributed by atoms with Gasteiger partial charge >= 0.3 is 16.9 Å². The molecule has 0 saturated heterocycles. The summed E-state index contributed by atoms with van der Waals surface area (Å²) in [5, 5.41) is 10.8. The minimum atomic E-state index is -0.610. The Hall–Kier alpha value is -3.64. The van der Waals surface area contributed by atoms with Gasteiger partial charge in [-0.05, 0) is 44.2 Å². The van der Waals surface area contributed by atoms with Crippen LogP contribution in [0.5, 0.6) is 0 Å². The highest BCUT2D eigenvalue weighted by Gasteiger charge is 2.15. The van der Waals surface area contributed by atoms with E-state index in [-0.39, 0.29) is 29.6 Å². The standard InChI is InChI=1S/C21H19N3O7S2/c1-3-30-19(26)12-23-15-8-5-13(20(27)31-4-2)11-16(15)33-21(23)22-17(25)9-6-14-7-10-18(32-14)24(28)29/h5-11H,3-4,12H2,1-2H3/b9-6-,22-21?. The van der Waals surface area contributed by atoms with Crippen LogP contribution in [0.15, 0.2) is 41.4 Å². The van der Waals surface area contributed by atoms with E-state index in [4.69, 9.17) is 9.47 Å². The lowest BCUT2D eigenvalue weighted by atomic mass is 10.2. The lowest BCUT2D eigenvalue weighted by molar-refractivity contribution is -0.380. The molecule has 0 N–H and O–H groups in total. The van der Waals surface area contributed by atoms with Crippen molar-refractivity contribution < 1.29 is 28.8 Å². The first-order chi connectivity index (χ1) is 15.8. The molecule has 0 unspecified atom stereocenters. The summed E-state index contributed by atoms with van der Waals surface area (Å²) in [6.07, 6.45) is 2.63. The summed E-state index contributed by atoms with van der Waals surface area (Å²) < 4.78 is 12.2. The lowest BCUT2D eigenvalue weighted by Crippen LogP contribution is -2.22. The summed E-state index contributed by atoms with van der Waals surface area (Å²) in [5.41, 5.74) is 0.941. The van der Waals surface area contributed by atoms with Crippen LogP contribution < -0.4 is 4.80 Å². The number of hydrogen-bond acceptors (Lipinski definition) is 9. The Bertz CT molecular complexity index is 1320. The van der Waals surface area contributed by atoms with Crippen molar-refractivity contribution in [3.8, 4) is 0 Å². The normalized spacial score (nSPS) is 11.8. The second-order valence-electron chi connectivity index (χ2n) is 6.40. The average Bonchev–Trinajstić information content (AvgIpc) is 3.37. The van der Waals surface area contributed by atoms with Crippen molar-refractivity contribution in [2.75, 3.05) is 13.2 Å². The highest BCUT2D eigenvalue weighted by Crippen LogP contribution is 2.25. The molecule has 1 amide bonds. The zero-order valence-electron chi connectivity index (χ0n) is 17.7. The number of aromatic nitrogens is 1. The van der Waals surface area contributed by atoms with E-state index < -0.39 is 22.8 Å². The molecule has 0 aliphatic carbocycles. The zero-order chi connectivity index (χ0) is 24.0. The highest BCUT2D eigenvalue weighted by molar-refractivity contribution is 7.16. The first-order valence-corrected chi connectivity index (χ1v) is 11.4. The Kier molecular flexibility index (Phi) is 7.85. The second kappa shape index (κ2) is 10.8. The van der Waals surface area contributed by atoms with Crippen molar-refractivity contribution in [1.82, 2.24) is 4.57 Å². The molecule has 0 atom stereocenters. The van der Waals surface area contributed by atoms with Gasteiger partial charge in [-0.25, -0.2) is 4.79 Å². The highest BCUT2D eigenvalue weighted by atomic mass is 32.1. The molecule has 0 spiro atoms. The molecule has 3 aromatic rings. The summed E-state index contributed by atoms with van der Waals surface area (Å²) >= 11 is 2.06. The molecular formula is C21H19N3O7S2. The fraction of sp³-hybridized carbons (Fsp3) is 0.238. The van der Waals surface area contributed by atoms with Crippen LogP contribution in [-0.2, 0) is 25.6 Å². The number of nitrogens with zero attached hydrogens (tertiary/aromatic N) is 3. The molecule has 33 heavy (non-hydrogen) atoms. The van der Waals surface area contributed by atoms with Gasteiger partial charge in [0.15, 0.2) is 4.80 Å². The van der Waals surface area contributed by atoms with Crippen LogP contribution in [0.1, 0.15) is 29.1 Å². The van der Waals surface area contributed by atoms with Gasteiger partial charge in [0.1, 0.15) is 6.54 Å². The molecule has 2 aromatic heterocycles. The number of carbonyl (C=O) groups excluding carboxylic acids is 3. The molecule has 0 saturated carbocycles. The summed E-state index contributed by atoms with van der Waals surface area (Å²) in [4.78, 5) is 51.8. The number of fused-ring (bicyclic) bond motifs is 1. The van der Waals surface area contributed by atoms with Crippen LogP contribution in [0, 0.1) is 10.1 Å². The van der Waals surface area contributed by atoms with Gasteiger partial charge in [0, 0.05) is 17.0 Å². The summed E-state index contributed by atoms with van der Waals surface area (Å²) in [5.74, 6) is -1.59. The lowest BCUT2D eigenvalue weighted by Gasteiger charge is -2.05. The Morgan fingerprint density at radius 1 is 1.12 bits per heavy atom. The van der Waals surface area contributed by atoms with Crippen molar-refractivity contribution in [3.63, 3.8) is 0 Å². The van der Waals surface area contributed by atoms with E-state index in [1.54, 1.807) is 32.0 Å². The fourth-order valence-corrected chi connectivity index (χ4v) is 4.60. The Balaban J connectivity index is 1.98. The van der Waals surface area contributed by atoms with E-state index in [2.05, 4.69) is 4.99 Å². The number of ether oxygens (including phenoxy) is 2. The molecule has 2 heterocycles. The summed E-state index contributed by atoms with van der Waals surface area (Å²) in [6.45, 7) is 3.67. The third kappa shape index (κ3) is 5.99. The molecule has 1 aromatic carbocycles. The molecule has 10 nitrogen and oxygen atoms in total. The van der Waals surface area contributed by atoms with Gasteiger partial charge in [-0.15, -0.1) is 0 Å². The molecule has 0 fully saturated rings. The number of rotatable bonds is 8.